The van der Waals surface area contributed by atoms with Crippen LogP contribution >= 0.6 is 0 Å². The number of amides is 1. The molecule has 0 saturated carbocycles. The van der Waals surface area contributed by atoms with Gasteiger partial charge >= 0.3 is 0 Å². The maximum atomic E-state index is 12.5. The summed E-state index contributed by atoms with van der Waals surface area (Å²) in [6.07, 6.45) is 7.59. The molecule has 5 heteroatoms. The van der Waals surface area contributed by atoms with Crippen molar-refractivity contribution in [2.45, 2.75) is 38.3 Å². The van der Waals surface area contributed by atoms with Crippen LogP contribution in [-0.4, -0.2) is 59.6 Å². The Kier molecular flexibility index (Phi) is 5.40. The van der Waals surface area contributed by atoms with Crippen molar-refractivity contribution in [3.05, 3.63) is 30.1 Å². The lowest BCUT2D eigenvalue weighted by Gasteiger charge is -2.28. The van der Waals surface area contributed by atoms with E-state index in [0.717, 1.165) is 65.0 Å². The van der Waals surface area contributed by atoms with Gasteiger partial charge in [0.05, 0.1) is 0 Å². The summed E-state index contributed by atoms with van der Waals surface area (Å²) >= 11 is 0. The molecule has 2 aliphatic heterocycles. The first-order chi connectivity index (χ1) is 10.8. The molecule has 2 saturated heterocycles. The van der Waals surface area contributed by atoms with Crippen LogP contribution in [0.15, 0.2) is 24.5 Å². The van der Waals surface area contributed by atoms with Gasteiger partial charge in [-0.25, -0.2) is 0 Å². The van der Waals surface area contributed by atoms with Gasteiger partial charge in [0, 0.05) is 51.7 Å². The smallest absolute Gasteiger partial charge is 0.251 e. The van der Waals surface area contributed by atoms with Gasteiger partial charge in [-0.1, -0.05) is 0 Å². The number of hydrogen-bond donors (Lipinski definition) is 0. The molecule has 3 heterocycles. The van der Waals surface area contributed by atoms with Crippen molar-refractivity contribution in [2.75, 3.05) is 32.8 Å². The predicted molar refractivity (Wildman–Crippen MR) is 84.3 cm³/mol. The summed E-state index contributed by atoms with van der Waals surface area (Å²) in [6.45, 7) is 5.30. The number of carbonyl (C=O) groups is 1. The molecule has 1 amide bonds. The molecule has 0 bridgehead atoms. The number of ether oxygens (including phenoxy) is 1. The van der Waals surface area contributed by atoms with E-state index in [-0.39, 0.29) is 12.0 Å². The Morgan fingerprint density at radius 1 is 1.14 bits per heavy atom. The highest BCUT2D eigenvalue weighted by Crippen LogP contribution is 2.16. The molecule has 1 aromatic heterocycles. The third kappa shape index (κ3) is 4.05. The molecule has 0 radical (unpaired) electrons. The van der Waals surface area contributed by atoms with E-state index in [1.54, 1.807) is 0 Å². The van der Waals surface area contributed by atoms with Crippen molar-refractivity contribution in [1.29, 1.82) is 0 Å². The number of pyridine rings is 1. The van der Waals surface area contributed by atoms with Crippen LogP contribution in [0.4, 0.5) is 0 Å². The van der Waals surface area contributed by atoms with E-state index in [2.05, 4.69) is 22.0 Å². The zero-order valence-corrected chi connectivity index (χ0v) is 13.1. The topological polar surface area (TPSA) is 45.7 Å². The number of aromatic nitrogens is 1. The molecule has 3 rings (SSSR count). The van der Waals surface area contributed by atoms with E-state index in [0.29, 0.717) is 0 Å². The van der Waals surface area contributed by atoms with Gasteiger partial charge in [-0.2, -0.15) is 0 Å². The zero-order chi connectivity index (χ0) is 15.2. The van der Waals surface area contributed by atoms with Gasteiger partial charge < -0.3 is 9.64 Å². The van der Waals surface area contributed by atoms with Crippen LogP contribution in [0.2, 0.25) is 0 Å². The lowest BCUT2D eigenvalue weighted by atomic mass is 10.1. The molecule has 22 heavy (non-hydrogen) atoms. The van der Waals surface area contributed by atoms with E-state index in [9.17, 15) is 4.79 Å². The fraction of sp³-hybridized carbons (Fsp3) is 0.647. The van der Waals surface area contributed by atoms with E-state index in [1.165, 1.54) is 5.56 Å². The molecule has 2 aliphatic rings. The fourth-order valence-corrected chi connectivity index (χ4v) is 3.23. The molecule has 2 fully saturated rings. The van der Waals surface area contributed by atoms with E-state index >= 15 is 0 Å². The maximum absolute atomic E-state index is 12.5. The maximum Gasteiger partial charge on any atom is 0.251 e. The zero-order valence-electron chi connectivity index (χ0n) is 13.1. The van der Waals surface area contributed by atoms with Gasteiger partial charge in [-0.05, 0) is 43.4 Å². The molecule has 0 aromatic carbocycles. The van der Waals surface area contributed by atoms with E-state index in [4.69, 9.17) is 4.74 Å². The van der Waals surface area contributed by atoms with Crippen molar-refractivity contribution in [3.63, 3.8) is 0 Å². The largest absolute Gasteiger partial charge is 0.368 e. The molecule has 1 unspecified atom stereocenters. The van der Waals surface area contributed by atoms with Gasteiger partial charge in [0.15, 0.2) is 0 Å². The van der Waals surface area contributed by atoms with Gasteiger partial charge in [0.1, 0.15) is 6.10 Å². The minimum atomic E-state index is -0.194. The van der Waals surface area contributed by atoms with Gasteiger partial charge in [-0.15, -0.1) is 0 Å². The van der Waals surface area contributed by atoms with E-state index in [1.807, 2.05) is 17.3 Å². The van der Waals surface area contributed by atoms with Crippen LogP contribution in [0.25, 0.3) is 0 Å². The van der Waals surface area contributed by atoms with Crippen molar-refractivity contribution in [3.8, 4) is 0 Å². The number of hydrogen-bond acceptors (Lipinski definition) is 4. The van der Waals surface area contributed by atoms with Crippen LogP contribution in [0, 0.1) is 0 Å². The molecular weight excluding hydrogens is 278 g/mol. The van der Waals surface area contributed by atoms with Crippen molar-refractivity contribution >= 4 is 5.91 Å². The minimum Gasteiger partial charge on any atom is -0.368 e. The molecule has 0 aliphatic carbocycles. The standard InChI is InChI=1S/C17H25N3O2/c21-17(16-4-1-2-13-22-16)20-10-3-9-19(11-12-20)14-15-5-7-18-8-6-15/h5-8,16H,1-4,9-14H2. The minimum absolute atomic E-state index is 0.194. The molecule has 5 nitrogen and oxygen atoms in total. The predicted octanol–water partition coefficient (Wildman–Crippen LogP) is 1.68. The van der Waals surface area contributed by atoms with Crippen LogP contribution in [0.1, 0.15) is 31.2 Å². The second-order valence-corrected chi connectivity index (χ2v) is 6.17. The Labute approximate surface area is 132 Å². The van der Waals surface area contributed by atoms with Gasteiger partial charge in [-0.3, -0.25) is 14.7 Å². The summed E-state index contributed by atoms with van der Waals surface area (Å²) in [7, 11) is 0. The monoisotopic (exact) mass is 303 g/mol. The number of nitrogens with zero attached hydrogens (tertiary/aromatic N) is 3. The molecule has 1 aromatic rings. The summed E-state index contributed by atoms with van der Waals surface area (Å²) in [4.78, 5) is 21.0. The molecular formula is C17H25N3O2. The SMILES string of the molecule is O=C(C1CCCCO1)N1CCCN(Cc2ccncc2)CC1. The molecule has 120 valence electrons. The third-order valence-electron chi connectivity index (χ3n) is 4.51. The summed E-state index contributed by atoms with van der Waals surface area (Å²) in [5.74, 6) is 0.200. The Bertz CT molecular complexity index is 474. The highest BCUT2D eigenvalue weighted by molar-refractivity contribution is 5.81. The van der Waals surface area contributed by atoms with Crippen LogP contribution in [0.5, 0.6) is 0 Å². The Hall–Kier alpha value is -1.46. The molecule has 1 atom stereocenters. The Morgan fingerprint density at radius 3 is 2.77 bits per heavy atom. The summed E-state index contributed by atoms with van der Waals surface area (Å²) in [5.41, 5.74) is 1.28. The molecule has 0 spiro atoms. The number of carbonyl (C=O) groups excluding carboxylic acids is 1. The Balaban J connectivity index is 1.52. The average molecular weight is 303 g/mol. The lowest BCUT2D eigenvalue weighted by Crippen LogP contribution is -2.43. The van der Waals surface area contributed by atoms with Crippen LogP contribution in [-0.2, 0) is 16.1 Å². The van der Waals surface area contributed by atoms with Crippen LogP contribution in [0.3, 0.4) is 0 Å². The first-order valence-corrected chi connectivity index (χ1v) is 8.34. The molecule has 0 N–H and O–H groups in total. The lowest BCUT2D eigenvalue weighted by molar-refractivity contribution is -0.146. The third-order valence-corrected chi connectivity index (χ3v) is 4.51. The summed E-state index contributed by atoms with van der Waals surface area (Å²) < 4.78 is 5.64. The van der Waals surface area contributed by atoms with Crippen molar-refractivity contribution in [1.82, 2.24) is 14.8 Å². The van der Waals surface area contributed by atoms with Crippen molar-refractivity contribution < 1.29 is 9.53 Å². The normalized spacial score (nSPS) is 24.0. The quantitative estimate of drug-likeness (QED) is 0.852. The second kappa shape index (κ2) is 7.70. The number of rotatable bonds is 3. The average Bonchev–Trinajstić information content (AvgIpc) is 2.82. The first-order valence-electron chi connectivity index (χ1n) is 8.34. The van der Waals surface area contributed by atoms with Gasteiger partial charge in [0.2, 0.25) is 0 Å². The summed E-state index contributed by atoms with van der Waals surface area (Å²) in [5, 5.41) is 0. The first kappa shape index (κ1) is 15.4. The second-order valence-electron chi connectivity index (χ2n) is 6.17. The fourth-order valence-electron chi connectivity index (χ4n) is 3.23. The van der Waals surface area contributed by atoms with E-state index < -0.39 is 0 Å². The van der Waals surface area contributed by atoms with Crippen LogP contribution < -0.4 is 0 Å². The van der Waals surface area contributed by atoms with Crippen molar-refractivity contribution in [2.24, 2.45) is 0 Å². The Morgan fingerprint density at radius 2 is 2.00 bits per heavy atom. The highest BCUT2D eigenvalue weighted by atomic mass is 16.5. The summed E-state index contributed by atoms with van der Waals surface area (Å²) in [6, 6.07) is 4.12. The van der Waals surface area contributed by atoms with Gasteiger partial charge in [0.25, 0.3) is 5.91 Å². The highest BCUT2D eigenvalue weighted by Gasteiger charge is 2.28.